The Labute approximate surface area is 375 Å². The van der Waals surface area contributed by atoms with Crippen molar-refractivity contribution in [1.29, 1.82) is 0 Å². The number of nitrogens with zero attached hydrogens (tertiary/aromatic N) is 2. The quantitative estimate of drug-likeness (QED) is 0.114. The summed E-state index contributed by atoms with van der Waals surface area (Å²) in [6, 6.07) is 9.78. The number of carbonyl (C=O) groups is 1. The summed E-state index contributed by atoms with van der Waals surface area (Å²) in [5, 5.41) is 9.39. The van der Waals surface area contributed by atoms with Crippen molar-refractivity contribution in [1.82, 2.24) is 0 Å². The zero-order chi connectivity index (χ0) is 40.3. The fourth-order valence-electron chi connectivity index (χ4n) is 7.30. The van der Waals surface area contributed by atoms with E-state index in [1.54, 1.807) is 22.8 Å². The number of aliphatic carboxylic acids is 1. The summed E-state index contributed by atoms with van der Waals surface area (Å²) in [5.74, 6) is -0.830. The van der Waals surface area contributed by atoms with Crippen molar-refractivity contribution < 1.29 is 117 Å². The summed E-state index contributed by atoms with van der Waals surface area (Å²) in [6.07, 6.45) is 6.27. The Morgan fingerprint density at radius 3 is 2.20 bits per heavy atom. The molecule has 1 N–H and O–H groups in total. The molecule has 0 bridgehead atoms. The van der Waals surface area contributed by atoms with Crippen LogP contribution in [0, 0.1) is 5.41 Å². The van der Waals surface area contributed by atoms with Crippen LogP contribution in [-0.2, 0) is 40.6 Å². The molecule has 0 saturated heterocycles. The van der Waals surface area contributed by atoms with E-state index in [0.29, 0.717) is 48.0 Å². The van der Waals surface area contributed by atoms with Gasteiger partial charge in [0.2, 0.25) is 5.69 Å². The standard InChI is InChI=1S/C37H50N2O12S3.2Na/c1-6-38(19-9-21-52(42,43)44)26-14-16-29-30(36(2,3)4)24-27(51-33(29)23-26)11-7-12-34-37(5,18-8-13-35(40)41)31-25-28(54(48,49)50)15-17-32(31)39(34)20-10-22-53(45,46)47;;/h7,11-12,14-17,23,25,30H,6,8-10,13,18-22,24H2,1-5H3,(H3-,40,41,42,43,44,45,46,47,48,49,50);;/q;2*+1/p-2/b12-7+,27-11-;;. The predicted octanol–water partition coefficient (Wildman–Crippen LogP) is -1.04. The second-order valence-electron chi connectivity index (χ2n) is 15.0. The van der Waals surface area contributed by atoms with E-state index < -0.39 is 58.1 Å². The number of allylic oxidation sites excluding steroid dienone is 4. The Balaban J connectivity index is 0.00000541. The Morgan fingerprint density at radius 1 is 0.982 bits per heavy atom. The molecule has 0 amide bonds. The summed E-state index contributed by atoms with van der Waals surface area (Å²) in [7, 11) is -13.7. The monoisotopic (exact) mass is 854 g/mol. The van der Waals surface area contributed by atoms with Crippen LogP contribution in [0.1, 0.15) is 90.2 Å². The summed E-state index contributed by atoms with van der Waals surface area (Å²) < 4.78 is 112. The molecule has 14 nitrogen and oxygen atoms in total. The van der Waals surface area contributed by atoms with Crippen LogP contribution < -0.4 is 68.8 Å². The molecule has 0 radical (unpaired) electrons. The van der Waals surface area contributed by atoms with Gasteiger partial charge in [-0.15, -0.1) is 0 Å². The molecule has 56 heavy (non-hydrogen) atoms. The van der Waals surface area contributed by atoms with Crippen molar-refractivity contribution in [2.75, 3.05) is 36.0 Å². The zero-order valence-corrected chi connectivity index (χ0v) is 39.6. The first-order chi connectivity index (χ1) is 24.9. The van der Waals surface area contributed by atoms with Gasteiger partial charge in [0.1, 0.15) is 28.2 Å². The van der Waals surface area contributed by atoms with Gasteiger partial charge in [0.25, 0.3) is 0 Å². The van der Waals surface area contributed by atoms with Crippen LogP contribution in [0.2, 0.25) is 0 Å². The van der Waals surface area contributed by atoms with E-state index in [9.17, 15) is 48.8 Å². The van der Waals surface area contributed by atoms with Gasteiger partial charge in [-0.25, -0.2) is 25.3 Å². The Hall–Kier alpha value is -1.61. The van der Waals surface area contributed by atoms with Gasteiger partial charge in [0.05, 0.1) is 30.5 Å². The third-order valence-electron chi connectivity index (χ3n) is 10.0. The van der Waals surface area contributed by atoms with E-state index in [4.69, 9.17) is 4.74 Å². The van der Waals surface area contributed by atoms with Crippen LogP contribution in [0.5, 0.6) is 5.75 Å². The van der Waals surface area contributed by atoms with Gasteiger partial charge in [0.15, 0.2) is 5.71 Å². The minimum atomic E-state index is -4.85. The van der Waals surface area contributed by atoms with Gasteiger partial charge in [-0.3, -0.25) is 4.79 Å². The fourth-order valence-corrected chi connectivity index (χ4v) is 8.76. The zero-order valence-electron chi connectivity index (χ0n) is 33.1. The molecule has 19 heteroatoms. The molecule has 0 aromatic heterocycles. The number of carboxylic acids is 1. The third kappa shape index (κ3) is 13.5. The molecule has 0 aliphatic carbocycles. The number of rotatable bonds is 17. The summed E-state index contributed by atoms with van der Waals surface area (Å²) in [4.78, 5) is 13.0. The van der Waals surface area contributed by atoms with Crippen molar-refractivity contribution in [2.45, 2.75) is 89.4 Å². The first kappa shape index (κ1) is 50.5. The normalized spacial score (nSPS) is 19.2. The smallest absolute Gasteiger partial charge is 0.748 e. The van der Waals surface area contributed by atoms with Gasteiger partial charge >= 0.3 is 65.1 Å². The largest absolute Gasteiger partial charge is 1.00 e. The molecule has 2 unspecified atom stereocenters. The Morgan fingerprint density at radius 2 is 1.62 bits per heavy atom. The molecular weight excluding hydrogens is 807 g/mol. The van der Waals surface area contributed by atoms with E-state index >= 15 is 0 Å². The van der Waals surface area contributed by atoms with Crippen molar-refractivity contribution in [3.05, 3.63) is 71.5 Å². The number of anilines is 1. The molecule has 2 aromatic rings. The van der Waals surface area contributed by atoms with E-state index in [0.717, 1.165) is 11.3 Å². The Bertz CT molecular complexity index is 2180. The molecular formula is C37H48N2Na2O12S3. The molecule has 2 atom stereocenters. The topological polar surface area (TPSA) is 224 Å². The SMILES string of the molecule is CCN(CCCS(=O)(=O)[O-])c1ccc2c(c1)O/C(=C\C=C\C1=[N+](CCCS(=O)(=O)[O-])c3ccc(S(=O)(=O)[O-])cc3C1(C)CCCC(=O)O)CC2C(C)(C)C.[Na+].[Na+]. The molecule has 0 saturated carbocycles. The molecule has 298 valence electrons. The van der Waals surface area contributed by atoms with Gasteiger partial charge in [-0.2, -0.15) is 4.58 Å². The van der Waals surface area contributed by atoms with Crippen molar-refractivity contribution in [3.63, 3.8) is 0 Å². The number of fused-ring (bicyclic) bond motifs is 2. The minimum absolute atomic E-state index is 0. The second-order valence-corrected chi connectivity index (χ2v) is 19.4. The number of hydrogen-bond acceptors (Lipinski definition) is 12. The van der Waals surface area contributed by atoms with Crippen LogP contribution in [0.15, 0.2) is 65.3 Å². The first-order valence-corrected chi connectivity index (χ1v) is 22.3. The van der Waals surface area contributed by atoms with Crippen molar-refractivity contribution >= 4 is 53.4 Å². The molecule has 2 aliphatic heterocycles. The van der Waals surface area contributed by atoms with Gasteiger partial charge < -0.3 is 28.4 Å². The van der Waals surface area contributed by atoms with E-state index in [2.05, 4.69) is 20.8 Å². The summed E-state index contributed by atoms with van der Waals surface area (Å²) >= 11 is 0. The van der Waals surface area contributed by atoms with E-state index in [1.165, 1.54) is 18.2 Å². The van der Waals surface area contributed by atoms with Gasteiger partial charge in [0, 0.05) is 73.3 Å². The first-order valence-electron chi connectivity index (χ1n) is 17.7. The van der Waals surface area contributed by atoms with Crippen LogP contribution >= 0.6 is 0 Å². The third-order valence-corrected chi connectivity index (χ3v) is 12.4. The summed E-state index contributed by atoms with van der Waals surface area (Å²) in [5.41, 5.74) is 2.17. The maximum atomic E-state index is 12.1. The molecule has 0 spiro atoms. The van der Waals surface area contributed by atoms with Crippen LogP contribution in [0.4, 0.5) is 11.4 Å². The average Bonchev–Trinajstić information content (AvgIpc) is 3.26. The maximum Gasteiger partial charge on any atom is 1.00 e. The maximum absolute atomic E-state index is 12.1. The second kappa shape index (κ2) is 20.1. The number of carboxylic acid groups (broad SMARTS) is 1. The number of ether oxygens (including phenoxy) is 1. The van der Waals surface area contributed by atoms with Crippen LogP contribution in [0.25, 0.3) is 0 Å². The molecule has 2 heterocycles. The fraction of sp³-hybridized carbons (Fsp3) is 0.514. The Kier molecular flexibility index (Phi) is 18.1. The molecule has 2 aliphatic rings. The van der Waals surface area contributed by atoms with Gasteiger partial charge in [-0.05, 0) is 74.3 Å². The van der Waals surface area contributed by atoms with Crippen LogP contribution in [-0.4, -0.2) is 91.4 Å². The summed E-state index contributed by atoms with van der Waals surface area (Å²) in [6.45, 7) is 11.1. The number of hydrogen-bond donors (Lipinski definition) is 1. The van der Waals surface area contributed by atoms with Crippen molar-refractivity contribution in [3.8, 4) is 5.75 Å². The minimum Gasteiger partial charge on any atom is -0.748 e. The van der Waals surface area contributed by atoms with E-state index in [1.807, 2.05) is 36.9 Å². The average molecular weight is 855 g/mol. The van der Waals surface area contributed by atoms with Gasteiger partial charge in [-0.1, -0.05) is 32.9 Å². The van der Waals surface area contributed by atoms with E-state index in [-0.39, 0.29) is 109 Å². The predicted molar refractivity (Wildman–Crippen MR) is 200 cm³/mol. The molecule has 0 fully saturated rings. The number of benzene rings is 2. The van der Waals surface area contributed by atoms with Crippen LogP contribution in [0.3, 0.4) is 0 Å². The van der Waals surface area contributed by atoms with Crippen molar-refractivity contribution in [2.24, 2.45) is 5.41 Å². The molecule has 4 rings (SSSR count). The molecule has 2 aromatic carbocycles.